The maximum Gasteiger partial charge on any atom is 0.203 e. The van der Waals surface area contributed by atoms with Gasteiger partial charge >= 0.3 is 0 Å². The van der Waals surface area contributed by atoms with Crippen molar-refractivity contribution in [1.29, 1.82) is 0 Å². The van der Waals surface area contributed by atoms with Gasteiger partial charge in [0.1, 0.15) is 0 Å². The van der Waals surface area contributed by atoms with Gasteiger partial charge in [-0.25, -0.2) is 0 Å². The molecule has 0 saturated carbocycles. The van der Waals surface area contributed by atoms with Crippen molar-refractivity contribution in [3.05, 3.63) is 0 Å². The maximum absolute atomic E-state index is 13.3. The van der Waals surface area contributed by atoms with Crippen molar-refractivity contribution in [2.75, 3.05) is 50.2 Å². The Bertz CT molecular complexity index is 566. The van der Waals surface area contributed by atoms with Crippen LogP contribution < -0.4 is 0 Å². The van der Waals surface area contributed by atoms with Crippen LogP contribution in [0.2, 0.25) is 0 Å². The minimum absolute atomic E-state index is 0.143. The van der Waals surface area contributed by atoms with Crippen molar-refractivity contribution in [1.82, 2.24) is 0 Å². The predicted octanol–water partition coefficient (Wildman–Crippen LogP) is 8.09. The zero-order valence-corrected chi connectivity index (χ0v) is 23.7. The van der Waals surface area contributed by atoms with Crippen LogP contribution in [-0.4, -0.2) is 56.3 Å². The van der Waals surface area contributed by atoms with E-state index in [4.69, 9.17) is 13.6 Å². The fourth-order valence-electron chi connectivity index (χ4n) is 3.75. The molecule has 0 N–H and O–H groups in total. The summed E-state index contributed by atoms with van der Waals surface area (Å²) in [6.07, 6.45) is 8.09. The Labute approximate surface area is 192 Å². The molecular formula is C22H49O6P3. The van der Waals surface area contributed by atoms with Gasteiger partial charge in [0.15, 0.2) is 0 Å². The van der Waals surface area contributed by atoms with Gasteiger partial charge in [-0.1, -0.05) is 41.5 Å². The molecule has 0 heterocycles. The summed E-state index contributed by atoms with van der Waals surface area (Å²) >= 11 is 0. The second-order valence-electron chi connectivity index (χ2n) is 8.43. The summed E-state index contributed by atoms with van der Waals surface area (Å²) in [7, 11) is -8.15. The van der Waals surface area contributed by atoms with Crippen LogP contribution in [0.4, 0.5) is 0 Å². The molecule has 0 aromatic carbocycles. The molecule has 0 spiro atoms. The van der Waals surface area contributed by atoms with Crippen molar-refractivity contribution in [3.63, 3.8) is 0 Å². The maximum atomic E-state index is 13.3. The molecule has 0 aromatic rings. The van der Waals surface area contributed by atoms with Gasteiger partial charge in [-0.15, -0.1) is 0 Å². The van der Waals surface area contributed by atoms with Gasteiger partial charge in [0.2, 0.25) is 22.1 Å². The lowest BCUT2D eigenvalue weighted by molar-refractivity contribution is 0.109. The lowest BCUT2D eigenvalue weighted by atomic mass is 10.3. The van der Waals surface area contributed by atoms with E-state index in [0.717, 1.165) is 38.5 Å². The van der Waals surface area contributed by atoms with E-state index in [0.29, 0.717) is 43.4 Å². The lowest BCUT2D eigenvalue weighted by Crippen LogP contribution is -2.22. The van der Waals surface area contributed by atoms with E-state index in [-0.39, 0.29) is 13.2 Å². The Kier molecular flexibility index (Phi) is 17.4. The number of hydrogen-bond acceptors (Lipinski definition) is 6. The summed E-state index contributed by atoms with van der Waals surface area (Å²) in [6, 6.07) is 0. The first-order valence-electron chi connectivity index (χ1n) is 12.4. The molecule has 1 atom stereocenters. The van der Waals surface area contributed by atoms with Gasteiger partial charge in [0.25, 0.3) is 0 Å². The Balaban J connectivity index is 5.31. The Morgan fingerprint density at radius 2 is 0.903 bits per heavy atom. The lowest BCUT2D eigenvalue weighted by Gasteiger charge is -2.27. The normalized spacial score (nSPS) is 14.1. The quantitative estimate of drug-likeness (QED) is 0.148. The van der Waals surface area contributed by atoms with Gasteiger partial charge in [-0.3, -0.25) is 13.7 Å². The topological polar surface area (TPSA) is 78.9 Å². The summed E-state index contributed by atoms with van der Waals surface area (Å²) in [5, 5.41) is 0. The van der Waals surface area contributed by atoms with Gasteiger partial charge in [-0.2, -0.15) is 0 Å². The minimum atomic E-state index is -2.79. The van der Waals surface area contributed by atoms with E-state index < -0.39 is 28.2 Å². The molecule has 9 heteroatoms. The third-order valence-corrected chi connectivity index (χ3v) is 13.7. The van der Waals surface area contributed by atoms with Crippen LogP contribution in [0.15, 0.2) is 0 Å². The number of hydrogen-bond donors (Lipinski definition) is 0. The fourth-order valence-corrected chi connectivity index (χ4v) is 10.8. The summed E-state index contributed by atoms with van der Waals surface area (Å²) < 4.78 is 57.4. The van der Waals surface area contributed by atoms with E-state index in [1.807, 2.05) is 41.5 Å². The van der Waals surface area contributed by atoms with Crippen LogP contribution in [-0.2, 0) is 27.3 Å². The molecule has 31 heavy (non-hydrogen) atoms. The molecule has 0 amide bonds. The van der Waals surface area contributed by atoms with Gasteiger partial charge < -0.3 is 13.6 Å². The third-order valence-electron chi connectivity index (χ3n) is 4.99. The molecule has 0 aliphatic carbocycles. The van der Waals surface area contributed by atoms with Crippen molar-refractivity contribution in [2.45, 2.75) is 92.6 Å². The van der Waals surface area contributed by atoms with Crippen LogP contribution in [0.25, 0.3) is 0 Å². The molecule has 0 aromatic heterocycles. The molecule has 0 fully saturated rings. The largest absolute Gasteiger partial charge is 0.328 e. The molecule has 0 rings (SSSR count). The molecule has 0 bridgehead atoms. The van der Waals surface area contributed by atoms with Crippen LogP contribution >= 0.6 is 22.1 Å². The summed E-state index contributed by atoms with van der Waals surface area (Å²) in [5.41, 5.74) is 0. The van der Waals surface area contributed by atoms with Crippen molar-refractivity contribution >= 4 is 22.1 Å². The minimum Gasteiger partial charge on any atom is -0.328 e. The molecule has 0 aliphatic rings. The van der Waals surface area contributed by atoms with E-state index in [9.17, 15) is 13.7 Å². The predicted molar refractivity (Wildman–Crippen MR) is 135 cm³/mol. The van der Waals surface area contributed by atoms with E-state index in [1.54, 1.807) is 0 Å². The van der Waals surface area contributed by atoms with Crippen LogP contribution in [0.1, 0.15) is 86.5 Å². The summed E-state index contributed by atoms with van der Waals surface area (Å²) in [5.74, 6) is 0. The average molecular weight is 503 g/mol. The molecule has 0 aliphatic heterocycles. The third kappa shape index (κ3) is 13.8. The van der Waals surface area contributed by atoms with Crippen LogP contribution in [0.3, 0.4) is 0 Å². The second kappa shape index (κ2) is 17.1. The first-order chi connectivity index (χ1) is 14.6. The molecule has 1 unspecified atom stereocenters. The highest BCUT2D eigenvalue weighted by molar-refractivity contribution is 7.59. The monoisotopic (exact) mass is 502 g/mol. The Hall–Kier alpha value is 0.570. The molecular weight excluding hydrogens is 453 g/mol. The fraction of sp³-hybridized carbons (Fsp3) is 1.00. The van der Waals surface area contributed by atoms with E-state index in [1.165, 1.54) is 0 Å². The smallest absolute Gasteiger partial charge is 0.203 e. The average Bonchev–Trinajstić information content (AvgIpc) is 2.67. The molecule has 0 saturated heterocycles. The molecule has 188 valence electrons. The zero-order valence-electron chi connectivity index (χ0n) is 21.0. The second-order valence-corrected chi connectivity index (χ2v) is 16.7. The molecule has 0 radical (unpaired) electrons. The van der Waals surface area contributed by atoms with Crippen LogP contribution in [0.5, 0.6) is 0 Å². The van der Waals surface area contributed by atoms with E-state index >= 15 is 0 Å². The highest BCUT2D eigenvalue weighted by atomic mass is 31.2. The summed E-state index contributed by atoms with van der Waals surface area (Å²) in [4.78, 5) is 0. The first kappa shape index (κ1) is 31.6. The number of rotatable bonds is 21. The van der Waals surface area contributed by atoms with Crippen molar-refractivity contribution in [2.24, 2.45) is 0 Å². The van der Waals surface area contributed by atoms with E-state index in [2.05, 4.69) is 0 Å². The Morgan fingerprint density at radius 1 is 0.548 bits per heavy atom. The van der Waals surface area contributed by atoms with Gasteiger partial charge in [-0.05, 0) is 38.5 Å². The molecule has 6 nitrogen and oxygen atoms in total. The van der Waals surface area contributed by atoms with Crippen LogP contribution in [0, 0.1) is 0 Å². The summed E-state index contributed by atoms with van der Waals surface area (Å²) in [6.45, 7) is 12.4. The zero-order chi connectivity index (χ0) is 23.8. The Morgan fingerprint density at radius 3 is 1.29 bits per heavy atom. The van der Waals surface area contributed by atoms with Crippen molar-refractivity contribution in [3.8, 4) is 0 Å². The van der Waals surface area contributed by atoms with Gasteiger partial charge in [0, 0.05) is 43.4 Å². The highest BCUT2D eigenvalue weighted by Gasteiger charge is 2.30. The van der Waals surface area contributed by atoms with Crippen molar-refractivity contribution < 1.29 is 27.3 Å². The first-order valence-corrected chi connectivity index (χ1v) is 18.4. The highest BCUT2D eigenvalue weighted by Crippen LogP contribution is 2.52. The standard InChI is InChI=1S/C22H49O6P3/c1-7-15-29(23,16-8-2)26-14-13-22(28-31(25,19-11-5)20-12-6)21-27-30(24,17-9-3)18-10-4/h22H,7-21H2,1-6H3. The SMILES string of the molecule is CCCP(=O)(CCC)OCCC(COP(=O)(CCC)CCC)OP(=O)(CCC)CCC. The van der Waals surface area contributed by atoms with Gasteiger partial charge in [0.05, 0.1) is 19.3 Å².